The molecule has 4 aromatic rings. The number of nitrogens with zero attached hydrogens (tertiary/aromatic N) is 3. The zero-order valence-corrected chi connectivity index (χ0v) is 21.9. The quantitative estimate of drug-likeness (QED) is 0.247. The zero-order chi connectivity index (χ0) is 24.9. The summed E-state index contributed by atoms with van der Waals surface area (Å²) in [5, 5.41) is 16.6. The Morgan fingerprint density at radius 3 is 2.49 bits per heavy atom. The average Bonchev–Trinajstić information content (AvgIpc) is 3.25. The number of thioether (sulfide) groups is 1. The minimum atomic E-state index is -0.429. The number of carbonyl (C=O) groups is 1. The monoisotopic (exact) mass is 525 g/mol. The standard InChI is InChI=1S/C26H25Cl2N5OS/c1-16-5-4-6-19(13-16)15-35-26-32-31-24(33(26)23-14-21(28)8-7-17(23)2)18(3)29-25(34)30-22-11-9-20(27)10-12-22/h4-14,18H,15H2,1-3H3,(H2,29,30,34). The smallest absolute Gasteiger partial charge is 0.319 e. The van der Waals surface area contributed by atoms with Gasteiger partial charge >= 0.3 is 6.03 Å². The predicted molar refractivity (Wildman–Crippen MR) is 144 cm³/mol. The summed E-state index contributed by atoms with van der Waals surface area (Å²) < 4.78 is 1.97. The summed E-state index contributed by atoms with van der Waals surface area (Å²) in [4.78, 5) is 12.7. The fourth-order valence-corrected chi connectivity index (χ4v) is 4.80. The average molecular weight is 526 g/mol. The Morgan fingerprint density at radius 2 is 1.74 bits per heavy atom. The fourth-order valence-electron chi connectivity index (χ4n) is 3.62. The summed E-state index contributed by atoms with van der Waals surface area (Å²) in [6, 6.07) is 20.2. The summed E-state index contributed by atoms with van der Waals surface area (Å²) in [5.41, 5.74) is 4.94. The largest absolute Gasteiger partial charge is 0.328 e. The van der Waals surface area contributed by atoms with Crippen LogP contribution in [-0.2, 0) is 5.75 Å². The molecular weight excluding hydrogens is 501 g/mol. The van der Waals surface area contributed by atoms with Crippen molar-refractivity contribution in [3.8, 4) is 5.69 Å². The van der Waals surface area contributed by atoms with Crippen molar-refractivity contribution in [2.24, 2.45) is 0 Å². The number of aromatic nitrogens is 3. The minimum Gasteiger partial charge on any atom is -0.328 e. The van der Waals surface area contributed by atoms with Crippen LogP contribution in [0.5, 0.6) is 0 Å². The van der Waals surface area contributed by atoms with Crippen LogP contribution >= 0.6 is 35.0 Å². The van der Waals surface area contributed by atoms with E-state index in [-0.39, 0.29) is 6.03 Å². The Bertz CT molecular complexity index is 1340. The third-order valence-electron chi connectivity index (χ3n) is 5.36. The molecular formula is C26H25Cl2N5OS. The maximum atomic E-state index is 12.7. The van der Waals surface area contributed by atoms with Crippen molar-refractivity contribution >= 4 is 46.7 Å². The van der Waals surface area contributed by atoms with E-state index >= 15 is 0 Å². The van der Waals surface area contributed by atoms with E-state index in [9.17, 15) is 4.79 Å². The van der Waals surface area contributed by atoms with Gasteiger partial charge in [-0.2, -0.15) is 0 Å². The van der Waals surface area contributed by atoms with Crippen LogP contribution in [0.4, 0.5) is 10.5 Å². The molecule has 1 atom stereocenters. The van der Waals surface area contributed by atoms with Gasteiger partial charge in [-0.05, 0) is 68.3 Å². The number of benzene rings is 3. The number of hydrogen-bond acceptors (Lipinski definition) is 4. The lowest BCUT2D eigenvalue weighted by Crippen LogP contribution is -2.32. The first-order chi connectivity index (χ1) is 16.8. The topological polar surface area (TPSA) is 71.8 Å². The van der Waals surface area contributed by atoms with Gasteiger partial charge in [-0.15, -0.1) is 10.2 Å². The van der Waals surface area contributed by atoms with E-state index in [4.69, 9.17) is 23.2 Å². The lowest BCUT2D eigenvalue weighted by molar-refractivity contribution is 0.249. The Balaban J connectivity index is 1.60. The van der Waals surface area contributed by atoms with Gasteiger partial charge in [0.2, 0.25) is 0 Å². The molecule has 0 aliphatic carbocycles. The summed E-state index contributed by atoms with van der Waals surface area (Å²) in [7, 11) is 0. The molecule has 2 amide bonds. The van der Waals surface area contributed by atoms with Crippen molar-refractivity contribution in [3.05, 3.63) is 99.3 Å². The van der Waals surface area contributed by atoms with E-state index in [2.05, 4.69) is 46.0 Å². The first-order valence-electron chi connectivity index (χ1n) is 11.0. The number of halogens is 2. The van der Waals surface area contributed by atoms with E-state index in [0.717, 1.165) is 22.2 Å². The highest BCUT2D eigenvalue weighted by Gasteiger charge is 2.22. The molecule has 0 saturated heterocycles. The number of urea groups is 1. The Kier molecular flexibility index (Phi) is 8.00. The van der Waals surface area contributed by atoms with Gasteiger partial charge in [-0.1, -0.05) is 70.9 Å². The van der Waals surface area contributed by atoms with E-state index in [1.165, 1.54) is 11.1 Å². The number of rotatable bonds is 7. The van der Waals surface area contributed by atoms with Crippen LogP contribution in [0.15, 0.2) is 71.9 Å². The molecule has 1 heterocycles. The van der Waals surface area contributed by atoms with Crippen molar-refractivity contribution in [2.75, 3.05) is 5.32 Å². The number of amides is 2. The number of carbonyl (C=O) groups excluding carboxylic acids is 1. The molecule has 2 N–H and O–H groups in total. The van der Waals surface area contributed by atoms with Gasteiger partial charge in [0.15, 0.2) is 11.0 Å². The van der Waals surface area contributed by atoms with Crippen molar-refractivity contribution < 1.29 is 4.79 Å². The Labute approximate surface area is 219 Å². The lowest BCUT2D eigenvalue weighted by atomic mass is 10.2. The van der Waals surface area contributed by atoms with E-state index in [1.807, 2.05) is 42.7 Å². The van der Waals surface area contributed by atoms with Gasteiger partial charge < -0.3 is 10.6 Å². The summed E-state index contributed by atoms with van der Waals surface area (Å²) in [6.07, 6.45) is 0. The van der Waals surface area contributed by atoms with Gasteiger partial charge in [-0.3, -0.25) is 4.57 Å². The van der Waals surface area contributed by atoms with E-state index < -0.39 is 6.04 Å². The molecule has 0 fully saturated rings. The predicted octanol–water partition coefficient (Wildman–Crippen LogP) is 7.37. The molecule has 4 rings (SSSR count). The molecule has 1 aromatic heterocycles. The molecule has 180 valence electrons. The highest BCUT2D eigenvalue weighted by Crippen LogP contribution is 2.30. The third kappa shape index (κ3) is 6.36. The first-order valence-corrected chi connectivity index (χ1v) is 12.8. The fraction of sp³-hybridized carbons (Fsp3) is 0.192. The second-order valence-electron chi connectivity index (χ2n) is 8.21. The van der Waals surface area contributed by atoms with Crippen molar-refractivity contribution in [1.82, 2.24) is 20.1 Å². The number of nitrogens with one attached hydrogen (secondary N) is 2. The summed E-state index contributed by atoms with van der Waals surface area (Å²) in [5.74, 6) is 1.34. The van der Waals surface area contributed by atoms with Crippen LogP contribution in [0.25, 0.3) is 5.69 Å². The van der Waals surface area contributed by atoms with Gasteiger partial charge in [0.1, 0.15) is 0 Å². The minimum absolute atomic E-state index is 0.355. The molecule has 0 aliphatic heterocycles. The SMILES string of the molecule is Cc1cccc(CSc2nnc(C(C)NC(=O)Nc3ccc(Cl)cc3)n2-c2cc(Cl)ccc2C)c1. The normalized spacial score (nSPS) is 11.8. The maximum absolute atomic E-state index is 12.7. The van der Waals surface area contributed by atoms with Crippen LogP contribution in [-0.4, -0.2) is 20.8 Å². The zero-order valence-electron chi connectivity index (χ0n) is 19.5. The molecule has 1 unspecified atom stereocenters. The van der Waals surface area contributed by atoms with Gasteiger partial charge in [0.05, 0.1) is 11.7 Å². The maximum Gasteiger partial charge on any atom is 0.319 e. The molecule has 3 aromatic carbocycles. The van der Waals surface area contributed by atoms with Crippen molar-refractivity contribution in [1.29, 1.82) is 0 Å². The molecule has 9 heteroatoms. The Morgan fingerprint density at radius 1 is 1.00 bits per heavy atom. The van der Waals surface area contributed by atoms with Crippen LogP contribution in [0, 0.1) is 13.8 Å². The molecule has 35 heavy (non-hydrogen) atoms. The van der Waals surface area contributed by atoms with Gasteiger partial charge in [0.25, 0.3) is 0 Å². The van der Waals surface area contributed by atoms with Crippen LogP contribution in [0.3, 0.4) is 0 Å². The second-order valence-corrected chi connectivity index (χ2v) is 10.0. The van der Waals surface area contributed by atoms with Gasteiger partial charge in [0, 0.05) is 21.5 Å². The highest BCUT2D eigenvalue weighted by atomic mass is 35.5. The summed E-state index contributed by atoms with van der Waals surface area (Å²) in [6.45, 7) is 5.96. The number of hydrogen-bond donors (Lipinski definition) is 2. The van der Waals surface area contributed by atoms with Crippen molar-refractivity contribution in [3.63, 3.8) is 0 Å². The second kappa shape index (κ2) is 11.2. The summed E-state index contributed by atoms with van der Waals surface area (Å²) >= 11 is 13.9. The van der Waals surface area contributed by atoms with Crippen molar-refractivity contribution in [2.45, 2.75) is 37.7 Å². The molecule has 0 aliphatic rings. The third-order valence-corrected chi connectivity index (χ3v) is 6.85. The molecule has 0 radical (unpaired) electrons. The number of aryl methyl sites for hydroxylation is 2. The van der Waals surface area contributed by atoms with Gasteiger partial charge in [-0.25, -0.2) is 4.79 Å². The highest BCUT2D eigenvalue weighted by molar-refractivity contribution is 7.98. The van der Waals surface area contributed by atoms with Crippen LogP contribution in [0.1, 0.15) is 35.5 Å². The molecule has 0 bridgehead atoms. The van der Waals surface area contributed by atoms with Crippen LogP contribution < -0.4 is 10.6 Å². The lowest BCUT2D eigenvalue weighted by Gasteiger charge is -2.18. The molecule has 6 nitrogen and oxygen atoms in total. The Hall–Kier alpha value is -3.00. The molecule has 0 spiro atoms. The first kappa shape index (κ1) is 25.1. The van der Waals surface area contributed by atoms with E-state index in [1.54, 1.807) is 36.0 Å². The number of anilines is 1. The van der Waals surface area contributed by atoms with Crippen LogP contribution in [0.2, 0.25) is 10.0 Å². The molecule has 0 saturated carbocycles. The van der Waals surface area contributed by atoms with E-state index in [0.29, 0.717) is 21.6 Å².